The van der Waals surface area contributed by atoms with Crippen molar-refractivity contribution >= 4 is 11.8 Å². The lowest BCUT2D eigenvalue weighted by Gasteiger charge is -2.33. The molecule has 136 valence electrons. The van der Waals surface area contributed by atoms with Crippen LogP contribution in [-0.2, 0) is 16.0 Å². The molecule has 2 aliphatic rings. The molecule has 2 fully saturated rings. The average molecular weight is 342 g/mol. The van der Waals surface area contributed by atoms with Crippen LogP contribution in [0.1, 0.15) is 48.8 Å². The molecule has 3 rings (SSSR count). The van der Waals surface area contributed by atoms with Gasteiger partial charge in [-0.3, -0.25) is 9.59 Å². The Balaban J connectivity index is 1.44. The molecule has 25 heavy (non-hydrogen) atoms. The zero-order valence-corrected chi connectivity index (χ0v) is 15.6. The Morgan fingerprint density at radius 1 is 1.16 bits per heavy atom. The fourth-order valence-electron chi connectivity index (χ4n) is 4.02. The van der Waals surface area contributed by atoms with Gasteiger partial charge in [-0.05, 0) is 56.6 Å². The van der Waals surface area contributed by atoms with Crippen LogP contribution < -0.4 is 0 Å². The number of piperidine rings is 1. The molecule has 0 aliphatic carbocycles. The van der Waals surface area contributed by atoms with E-state index in [9.17, 15) is 9.59 Å². The van der Waals surface area contributed by atoms with Gasteiger partial charge in [0.15, 0.2) is 0 Å². The number of aryl methyl sites for hydroxylation is 2. The number of carbonyl (C=O) groups is 2. The van der Waals surface area contributed by atoms with Crippen molar-refractivity contribution in [2.24, 2.45) is 5.92 Å². The monoisotopic (exact) mass is 342 g/mol. The van der Waals surface area contributed by atoms with Crippen molar-refractivity contribution in [3.63, 3.8) is 0 Å². The van der Waals surface area contributed by atoms with Crippen LogP contribution in [0, 0.1) is 19.8 Å². The van der Waals surface area contributed by atoms with Crippen molar-refractivity contribution in [2.45, 2.75) is 52.4 Å². The molecule has 4 nitrogen and oxygen atoms in total. The predicted octanol–water partition coefficient (Wildman–Crippen LogP) is 3.10. The summed E-state index contributed by atoms with van der Waals surface area (Å²) in [6.45, 7) is 7.72. The minimum Gasteiger partial charge on any atom is -0.343 e. The molecule has 2 aliphatic heterocycles. The first-order valence-corrected chi connectivity index (χ1v) is 9.64. The van der Waals surface area contributed by atoms with Crippen molar-refractivity contribution in [1.82, 2.24) is 9.80 Å². The summed E-state index contributed by atoms with van der Waals surface area (Å²) in [6, 6.07) is 6.33. The SMILES string of the molecule is Cc1ccc(C)c(CC(=O)N2CCC(CCN3CCCC3=O)CC2)c1. The van der Waals surface area contributed by atoms with Crippen molar-refractivity contribution in [3.05, 3.63) is 34.9 Å². The third kappa shape index (κ3) is 4.62. The Morgan fingerprint density at radius 2 is 1.92 bits per heavy atom. The highest BCUT2D eigenvalue weighted by atomic mass is 16.2. The third-order valence-corrected chi connectivity index (χ3v) is 5.79. The van der Waals surface area contributed by atoms with E-state index in [1.54, 1.807) is 0 Å². The van der Waals surface area contributed by atoms with Crippen LogP contribution in [0.15, 0.2) is 18.2 Å². The second kappa shape index (κ2) is 8.03. The molecule has 0 unspecified atom stereocenters. The largest absolute Gasteiger partial charge is 0.343 e. The molecule has 0 bridgehead atoms. The fraction of sp³-hybridized carbons (Fsp3) is 0.619. The first kappa shape index (κ1) is 18.0. The van der Waals surface area contributed by atoms with E-state index in [0.717, 1.165) is 63.8 Å². The van der Waals surface area contributed by atoms with Gasteiger partial charge in [0, 0.05) is 32.6 Å². The molecular formula is C21H30N2O2. The molecule has 2 saturated heterocycles. The first-order chi connectivity index (χ1) is 12.0. The molecule has 0 atom stereocenters. The van der Waals surface area contributed by atoms with Crippen LogP contribution in [0.2, 0.25) is 0 Å². The molecule has 0 aromatic heterocycles. The second-order valence-electron chi connectivity index (χ2n) is 7.70. The maximum atomic E-state index is 12.6. The Morgan fingerprint density at radius 3 is 2.60 bits per heavy atom. The minimum atomic E-state index is 0.252. The van der Waals surface area contributed by atoms with E-state index < -0.39 is 0 Å². The van der Waals surface area contributed by atoms with E-state index >= 15 is 0 Å². The van der Waals surface area contributed by atoms with Crippen molar-refractivity contribution in [1.29, 1.82) is 0 Å². The summed E-state index contributed by atoms with van der Waals surface area (Å²) in [5, 5.41) is 0. The first-order valence-electron chi connectivity index (χ1n) is 9.64. The van der Waals surface area contributed by atoms with E-state index in [-0.39, 0.29) is 5.91 Å². The summed E-state index contributed by atoms with van der Waals surface area (Å²) in [5.74, 6) is 1.22. The van der Waals surface area contributed by atoms with Gasteiger partial charge in [-0.1, -0.05) is 23.8 Å². The Bertz CT molecular complexity index is 633. The number of hydrogen-bond acceptors (Lipinski definition) is 2. The summed E-state index contributed by atoms with van der Waals surface area (Å²) in [6.07, 6.45) is 5.49. The van der Waals surface area contributed by atoms with E-state index in [0.29, 0.717) is 18.2 Å². The molecule has 2 amide bonds. The molecular weight excluding hydrogens is 312 g/mol. The maximum absolute atomic E-state index is 12.6. The van der Waals surface area contributed by atoms with E-state index in [1.165, 1.54) is 11.1 Å². The van der Waals surface area contributed by atoms with Gasteiger partial charge in [0.1, 0.15) is 0 Å². The van der Waals surface area contributed by atoms with Crippen LogP contribution in [-0.4, -0.2) is 47.8 Å². The van der Waals surface area contributed by atoms with Crippen molar-refractivity contribution in [2.75, 3.05) is 26.2 Å². The fourth-order valence-corrected chi connectivity index (χ4v) is 4.02. The number of nitrogens with zero attached hydrogens (tertiary/aromatic N) is 2. The van der Waals surface area contributed by atoms with Gasteiger partial charge in [0.2, 0.25) is 11.8 Å². The smallest absolute Gasteiger partial charge is 0.226 e. The second-order valence-corrected chi connectivity index (χ2v) is 7.70. The molecule has 1 aromatic rings. The number of benzene rings is 1. The van der Waals surface area contributed by atoms with Crippen LogP contribution >= 0.6 is 0 Å². The Hall–Kier alpha value is -1.84. The standard InChI is InChI=1S/C21H30N2O2/c1-16-5-6-17(2)19(14-16)15-21(25)23-12-8-18(9-13-23)7-11-22-10-3-4-20(22)24/h5-6,14,18H,3-4,7-13,15H2,1-2H3. The molecule has 0 radical (unpaired) electrons. The number of rotatable bonds is 5. The van der Waals surface area contributed by atoms with Crippen LogP contribution in [0.25, 0.3) is 0 Å². The molecule has 0 N–H and O–H groups in total. The Kier molecular flexibility index (Phi) is 5.77. The van der Waals surface area contributed by atoms with Gasteiger partial charge in [-0.15, -0.1) is 0 Å². The average Bonchev–Trinajstić information content (AvgIpc) is 3.02. The Labute approximate surface area is 151 Å². The summed E-state index contributed by atoms with van der Waals surface area (Å²) in [4.78, 5) is 28.3. The number of likely N-dealkylation sites (tertiary alicyclic amines) is 2. The lowest BCUT2D eigenvalue weighted by atomic mass is 9.92. The van der Waals surface area contributed by atoms with Gasteiger partial charge in [-0.2, -0.15) is 0 Å². The van der Waals surface area contributed by atoms with Gasteiger partial charge in [0.25, 0.3) is 0 Å². The predicted molar refractivity (Wildman–Crippen MR) is 99.4 cm³/mol. The zero-order chi connectivity index (χ0) is 17.8. The van der Waals surface area contributed by atoms with E-state index in [4.69, 9.17) is 0 Å². The number of hydrogen-bond donors (Lipinski definition) is 0. The summed E-state index contributed by atoms with van der Waals surface area (Å²) >= 11 is 0. The van der Waals surface area contributed by atoms with E-state index in [1.807, 2.05) is 9.80 Å². The summed E-state index contributed by atoms with van der Waals surface area (Å²) in [7, 11) is 0. The van der Waals surface area contributed by atoms with Crippen molar-refractivity contribution in [3.8, 4) is 0 Å². The zero-order valence-electron chi connectivity index (χ0n) is 15.6. The molecule has 1 aromatic carbocycles. The summed E-state index contributed by atoms with van der Waals surface area (Å²) in [5.41, 5.74) is 3.56. The van der Waals surface area contributed by atoms with Gasteiger partial charge in [0.05, 0.1) is 6.42 Å². The lowest BCUT2D eigenvalue weighted by molar-refractivity contribution is -0.131. The highest BCUT2D eigenvalue weighted by Gasteiger charge is 2.25. The number of carbonyl (C=O) groups excluding carboxylic acids is 2. The third-order valence-electron chi connectivity index (χ3n) is 5.79. The minimum absolute atomic E-state index is 0.252. The number of amides is 2. The molecule has 2 heterocycles. The quantitative estimate of drug-likeness (QED) is 0.825. The van der Waals surface area contributed by atoms with Crippen molar-refractivity contribution < 1.29 is 9.59 Å². The maximum Gasteiger partial charge on any atom is 0.226 e. The van der Waals surface area contributed by atoms with Gasteiger partial charge in [-0.25, -0.2) is 0 Å². The van der Waals surface area contributed by atoms with Gasteiger partial charge >= 0.3 is 0 Å². The molecule has 0 spiro atoms. The van der Waals surface area contributed by atoms with E-state index in [2.05, 4.69) is 32.0 Å². The molecule has 0 saturated carbocycles. The normalized spacial score (nSPS) is 18.9. The molecule has 4 heteroatoms. The topological polar surface area (TPSA) is 40.6 Å². The highest BCUT2D eigenvalue weighted by molar-refractivity contribution is 5.79. The summed E-state index contributed by atoms with van der Waals surface area (Å²) < 4.78 is 0. The van der Waals surface area contributed by atoms with Crippen LogP contribution in [0.3, 0.4) is 0 Å². The van der Waals surface area contributed by atoms with Crippen LogP contribution in [0.5, 0.6) is 0 Å². The highest BCUT2D eigenvalue weighted by Crippen LogP contribution is 2.23. The van der Waals surface area contributed by atoms with Crippen LogP contribution in [0.4, 0.5) is 0 Å². The van der Waals surface area contributed by atoms with Gasteiger partial charge < -0.3 is 9.80 Å². The lowest BCUT2D eigenvalue weighted by Crippen LogP contribution is -2.40.